The molecule has 35 heavy (non-hydrogen) atoms. The minimum Gasteiger partial charge on any atom is -0.493 e. The Labute approximate surface area is 200 Å². The SMILES string of the molecule is COc1ccc(/C=C/C(=O)Cc2ccccc2COc2cccc(C(F)(F)F)c2)cc1OC(C)=O. The van der Waals surface area contributed by atoms with Crippen LogP contribution >= 0.6 is 0 Å². The smallest absolute Gasteiger partial charge is 0.416 e. The number of hydrogen-bond donors (Lipinski definition) is 0. The standard InChI is InChI=1S/C27H23F3O5/c1-18(31)35-26-14-19(11-13-25(26)33-2)10-12-23(32)15-20-6-3-4-7-21(20)17-34-24-9-5-8-22(16-24)27(28,29)30/h3-14,16H,15,17H2,1-2H3/b12-10+. The van der Waals surface area contributed by atoms with Gasteiger partial charge < -0.3 is 14.2 Å². The quantitative estimate of drug-likeness (QED) is 0.210. The normalized spacial score (nSPS) is 11.3. The lowest BCUT2D eigenvalue weighted by molar-refractivity contribution is -0.137. The fourth-order valence-electron chi connectivity index (χ4n) is 3.26. The van der Waals surface area contributed by atoms with Crippen LogP contribution in [0.5, 0.6) is 17.2 Å². The summed E-state index contributed by atoms with van der Waals surface area (Å²) in [7, 11) is 1.45. The van der Waals surface area contributed by atoms with Crippen molar-refractivity contribution in [1.82, 2.24) is 0 Å². The molecule has 5 nitrogen and oxygen atoms in total. The fraction of sp³-hybridized carbons (Fsp3) is 0.185. The summed E-state index contributed by atoms with van der Waals surface area (Å²) in [6, 6.07) is 16.6. The van der Waals surface area contributed by atoms with E-state index in [1.165, 1.54) is 32.2 Å². The third kappa shape index (κ3) is 7.46. The minimum absolute atomic E-state index is 0.0126. The lowest BCUT2D eigenvalue weighted by Crippen LogP contribution is -2.07. The second-order valence-electron chi connectivity index (χ2n) is 7.56. The number of hydrogen-bond acceptors (Lipinski definition) is 5. The first-order chi connectivity index (χ1) is 16.7. The molecule has 0 radical (unpaired) electrons. The number of methoxy groups -OCH3 is 1. The van der Waals surface area contributed by atoms with E-state index in [0.29, 0.717) is 22.4 Å². The molecule has 0 bridgehead atoms. The molecule has 0 amide bonds. The van der Waals surface area contributed by atoms with Gasteiger partial charge >= 0.3 is 12.1 Å². The molecule has 0 atom stereocenters. The van der Waals surface area contributed by atoms with E-state index in [-0.39, 0.29) is 30.3 Å². The number of esters is 1. The van der Waals surface area contributed by atoms with Crippen LogP contribution in [-0.2, 0) is 28.8 Å². The molecule has 8 heteroatoms. The molecular formula is C27H23F3O5. The summed E-state index contributed by atoms with van der Waals surface area (Å²) in [5.41, 5.74) is 1.23. The predicted octanol–water partition coefficient (Wildman–Crippen LogP) is 6.04. The first-order valence-corrected chi connectivity index (χ1v) is 10.6. The fourth-order valence-corrected chi connectivity index (χ4v) is 3.26. The molecule has 0 fully saturated rings. The van der Waals surface area contributed by atoms with Gasteiger partial charge in [-0.15, -0.1) is 0 Å². The molecule has 3 aromatic rings. The maximum atomic E-state index is 12.9. The highest BCUT2D eigenvalue weighted by molar-refractivity contribution is 5.95. The highest BCUT2D eigenvalue weighted by Crippen LogP contribution is 2.32. The molecule has 0 heterocycles. The molecule has 0 spiro atoms. The number of alkyl halides is 3. The van der Waals surface area contributed by atoms with Crippen LogP contribution in [0, 0.1) is 0 Å². The van der Waals surface area contributed by atoms with Gasteiger partial charge in [0.15, 0.2) is 17.3 Å². The number of carbonyl (C=O) groups excluding carboxylic acids is 2. The summed E-state index contributed by atoms with van der Waals surface area (Å²) in [5.74, 6) is 0.0276. The Kier molecular flexibility index (Phi) is 8.30. The van der Waals surface area contributed by atoms with Gasteiger partial charge in [-0.05, 0) is 53.1 Å². The average Bonchev–Trinajstić information content (AvgIpc) is 2.81. The summed E-state index contributed by atoms with van der Waals surface area (Å²) < 4.78 is 54.6. The Morgan fingerprint density at radius 1 is 0.914 bits per heavy atom. The van der Waals surface area contributed by atoms with Gasteiger partial charge in [0.05, 0.1) is 12.7 Å². The molecule has 3 rings (SSSR count). The molecule has 182 valence electrons. The van der Waals surface area contributed by atoms with Crippen LogP contribution in [0.3, 0.4) is 0 Å². The summed E-state index contributed by atoms with van der Waals surface area (Å²) in [6.45, 7) is 1.29. The Balaban J connectivity index is 1.68. The second-order valence-corrected chi connectivity index (χ2v) is 7.56. The number of halogens is 3. The number of rotatable bonds is 9. The van der Waals surface area contributed by atoms with Gasteiger partial charge in [0.1, 0.15) is 12.4 Å². The van der Waals surface area contributed by atoms with Crippen LogP contribution in [0.2, 0.25) is 0 Å². The summed E-state index contributed by atoms with van der Waals surface area (Å²) >= 11 is 0. The zero-order chi connectivity index (χ0) is 25.4. The zero-order valence-corrected chi connectivity index (χ0v) is 19.1. The molecule has 0 aliphatic rings. The van der Waals surface area contributed by atoms with Crippen molar-refractivity contribution in [2.24, 2.45) is 0 Å². The van der Waals surface area contributed by atoms with E-state index in [1.54, 1.807) is 48.5 Å². The third-order valence-electron chi connectivity index (χ3n) is 4.94. The Hall–Kier alpha value is -4.07. The van der Waals surface area contributed by atoms with Gasteiger partial charge in [-0.25, -0.2) is 0 Å². The van der Waals surface area contributed by atoms with Crippen LogP contribution in [0.4, 0.5) is 13.2 Å². The van der Waals surface area contributed by atoms with Crippen molar-refractivity contribution >= 4 is 17.8 Å². The van der Waals surface area contributed by atoms with Gasteiger partial charge in [-0.3, -0.25) is 9.59 Å². The molecule has 0 aromatic heterocycles. The van der Waals surface area contributed by atoms with Crippen molar-refractivity contribution in [2.75, 3.05) is 7.11 Å². The Morgan fingerprint density at radius 2 is 1.66 bits per heavy atom. The summed E-state index contributed by atoms with van der Waals surface area (Å²) in [4.78, 5) is 23.9. The highest BCUT2D eigenvalue weighted by Gasteiger charge is 2.30. The van der Waals surface area contributed by atoms with Crippen LogP contribution in [-0.4, -0.2) is 18.9 Å². The molecule has 0 saturated heterocycles. The average molecular weight is 484 g/mol. The second kappa shape index (κ2) is 11.4. The highest BCUT2D eigenvalue weighted by atomic mass is 19.4. The van der Waals surface area contributed by atoms with E-state index in [4.69, 9.17) is 14.2 Å². The van der Waals surface area contributed by atoms with E-state index in [9.17, 15) is 22.8 Å². The Bertz CT molecular complexity index is 1230. The third-order valence-corrected chi connectivity index (χ3v) is 4.94. The number of ether oxygens (including phenoxy) is 3. The molecule has 0 aliphatic heterocycles. The lowest BCUT2D eigenvalue weighted by Gasteiger charge is -2.12. The van der Waals surface area contributed by atoms with Crippen molar-refractivity contribution < 1.29 is 37.0 Å². The summed E-state index contributed by atoms with van der Waals surface area (Å²) in [5, 5.41) is 0. The van der Waals surface area contributed by atoms with Crippen LogP contribution in [0.1, 0.15) is 29.2 Å². The van der Waals surface area contributed by atoms with Crippen molar-refractivity contribution in [3.05, 3.63) is 95.1 Å². The van der Waals surface area contributed by atoms with Gasteiger partial charge in [0.25, 0.3) is 0 Å². The maximum Gasteiger partial charge on any atom is 0.416 e. The first-order valence-electron chi connectivity index (χ1n) is 10.6. The van der Waals surface area contributed by atoms with Gasteiger partial charge in [-0.1, -0.05) is 42.5 Å². The van der Waals surface area contributed by atoms with Crippen molar-refractivity contribution in [3.63, 3.8) is 0 Å². The van der Waals surface area contributed by atoms with Crippen molar-refractivity contribution in [2.45, 2.75) is 26.1 Å². The number of carbonyl (C=O) groups is 2. The minimum atomic E-state index is -4.46. The number of allylic oxidation sites excluding steroid dienone is 1. The van der Waals surface area contributed by atoms with Gasteiger partial charge in [0.2, 0.25) is 0 Å². The van der Waals surface area contributed by atoms with Gasteiger partial charge in [0, 0.05) is 13.3 Å². The lowest BCUT2D eigenvalue weighted by atomic mass is 10.0. The molecule has 0 N–H and O–H groups in total. The predicted molar refractivity (Wildman–Crippen MR) is 124 cm³/mol. The molecule has 0 saturated carbocycles. The first kappa shape index (κ1) is 25.6. The topological polar surface area (TPSA) is 61.8 Å². The monoisotopic (exact) mass is 484 g/mol. The van der Waals surface area contributed by atoms with E-state index < -0.39 is 17.7 Å². The zero-order valence-electron chi connectivity index (χ0n) is 19.1. The Morgan fingerprint density at radius 3 is 2.34 bits per heavy atom. The summed E-state index contributed by atoms with van der Waals surface area (Å²) in [6.07, 6.45) is -1.38. The number of ketones is 1. The maximum absolute atomic E-state index is 12.9. The van der Waals surface area contributed by atoms with E-state index in [2.05, 4.69) is 0 Å². The van der Waals surface area contributed by atoms with Crippen molar-refractivity contribution in [3.8, 4) is 17.2 Å². The van der Waals surface area contributed by atoms with Crippen LogP contribution in [0.25, 0.3) is 6.08 Å². The van der Waals surface area contributed by atoms with Crippen LogP contribution in [0.15, 0.2) is 72.8 Å². The van der Waals surface area contributed by atoms with E-state index in [1.807, 2.05) is 0 Å². The number of benzene rings is 3. The van der Waals surface area contributed by atoms with Gasteiger partial charge in [-0.2, -0.15) is 13.2 Å². The molecule has 0 aliphatic carbocycles. The van der Waals surface area contributed by atoms with Crippen molar-refractivity contribution in [1.29, 1.82) is 0 Å². The largest absolute Gasteiger partial charge is 0.493 e. The molecular weight excluding hydrogens is 461 g/mol. The van der Waals surface area contributed by atoms with E-state index >= 15 is 0 Å². The molecule has 0 unspecified atom stereocenters. The molecule has 3 aromatic carbocycles. The van der Waals surface area contributed by atoms with E-state index in [0.717, 1.165) is 12.1 Å². The van der Waals surface area contributed by atoms with Crippen LogP contribution < -0.4 is 14.2 Å².